The number of hydrogen-bond acceptors (Lipinski definition) is 7. The quantitative estimate of drug-likeness (QED) is 0.463. The highest BCUT2D eigenvalue weighted by Crippen LogP contribution is 2.35. The largest absolute Gasteiger partial charge is 0.467 e. The second-order valence-corrected chi connectivity index (χ2v) is 8.19. The molecule has 2 amide bonds. The Morgan fingerprint density at radius 2 is 2.03 bits per heavy atom. The minimum absolute atomic E-state index is 0.0738. The van der Waals surface area contributed by atoms with E-state index in [9.17, 15) is 14.4 Å². The summed E-state index contributed by atoms with van der Waals surface area (Å²) in [7, 11) is 0. The van der Waals surface area contributed by atoms with Crippen LogP contribution >= 0.6 is 11.8 Å². The van der Waals surface area contributed by atoms with Crippen molar-refractivity contribution in [2.24, 2.45) is 0 Å². The van der Waals surface area contributed by atoms with Gasteiger partial charge in [0.05, 0.1) is 23.9 Å². The molecule has 5 rings (SSSR count). The third-order valence-corrected chi connectivity index (χ3v) is 6.01. The molecule has 1 aromatic carbocycles. The molecule has 0 radical (unpaired) electrons. The maximum absolute atomic E-state index is 12.9. The van der Waals surface area contributed by atoms with Gasteiger partial charge in [0.15, 0.2) is 11.2 Å². The highest BCUT2D eigenvalue weighted by Gasteiger charge is 2.26. The first-order valence-electron chi connectivity index (χ1n) is 9.88. The number of benzene rings is 1. The smallest absolute Gasteiger partial charge is 0.292 e. The average Bonchev–Trinajstić information content (AvgIpc) is 3.52. The van der Waals surface area contributed by atoms with Gasteiger partial charge >= 0.3 is 0 Å². The fraction of sp³-hybridized carbons (Fsp3) is 0.182. The molecule has 0 saturated carbocycles. The van der Waals surface area contributed by atoms with Crippen LogP contribution in [0.25, 0.3) is 11.0 Å². The Labute approximate surface area is 185 Å². The number of aromatic nitrogens is 2. The molecule has 0 spiro atoms. The summed E-state index contributed by atoms with van der Waals surface area (Å²) >= 11 is 1.67. The molecule has 0 atom stereocenters. The molecule has 0 aliphatic carbocycles. The minimum Gasteiger partial charge on any atom is -0.467 e. The van der Waals surface area contributed by atoms with Gasteiger partial charge in [-0.05, 0) is 24.3 Å². The van der Waals surface area contributed by atoms with Crippen LogP contribution in [0.1, 0.15) is 27.6 Å². The van der Waals surface area contributed by atoms with Crippen molar-refractivity contribution in [3.63, 3.8) is 0 Å². The van der Waals surface area contributed by atoms with E-state index in [0.29, 0.717) is 34.1 Å². The molecular weight excluding hydrogens is 432 g/mol. The molecule has 1 aliphatic rings. The lowest BCUT2D eigenvalue weighted by molar-refractivity contribution is -0.122. The van der Waals surface area contributed by atoms with Crippen molar-refractivity contribution < 1.29 is 18.4 Å². The van der Waals surface area contributed by atoms with Crippen molar-refractivity contribution in [3.05, 3.63) is 81.7 Å². The van der Waals surface area contributed by atoms with Gasteiger partial charge in [-0.25, -0.2) is 4.68 Å². The third kappa shape index (κ3) is 3.92. The first-order chi connectivity index (χ1) is 15.6. The summed E-state index contributed by atoms with van der Waals surface area (Å²) in [5.41, 5.74) is 1.72. The van der Waals surface area contributed by atoms with Gasteiger partial charge in [0.2, 0.25) is 5.91 Å². The van der Waals surface area contributed by atoms with Crippen molar-refractivity contribution >= 4 is 40.4 Å². The van der Waals surface area contributed by atoms with Crippen LogP contribution in [0.2, 0.25) is 0 Å². The lowest BCUT2D eigenvalue weighted by atomic mass is 10.2. The zero-order valence-electron chi connectivity index (χ0n) is 16.8. The monoisotopic (exact) mass is 450 g/mol. The van der Waals surface area contributed by atoms with Crippen LogP contribution < -0.4 is 16.1 Å². The van der Waals surface area contributed by atoms with Crippen molar-refractivity contribution in [1.82, 2.24) is 15.1 Å². The van der Waals surface area contributed by atoms with Gasteiger partial charge in [0.1, 0.15) is 23.7 Å². The summed E-state index contributed by atoms with van der Waals surface area (Å²) in [6.45, 7) is 0.183. The zero-order valence-corrected chi connectivity index (χ0v) is 17.6. The number of amides is 2. The van der Waals surface area contributed by atoms with Crippen LogP contribution in [0.15, 0.2) is 62.4 Å². The summed E-state index contributed by atoms with van der Waals surface area (Å²) < 4.78 is 12.3. The fourth-order valence-electron chi connectivity index (χ4n) is 3.50. The molecule has 0 unspecified atom stereocenters. The third-order valence-electron chi connectivity index (χ3n) is 5.04. The average molecular weight is 450 g/mol. The Bertz CT molecular complexity index is 1370. The van der Waals surface area contributed by atoms with Gasteiger partial charge in [0.25, 0.3) is 5.91 Å². The SMILES string of the molecule is O=C(Cn1nc2c(c1NC(=O)c1cc(=O)c3ccccc3o1)CSC2)NCc1ccco1. The molecule has 10 heteroatoms. The van der Waals surface area contributed by atoms with Crippen molar-refractivity contribution in [1.29, 1.82) is 0 Å². The Morgan fingerprint density at radius 1 is 1.16 bits per heavy atom. The first-order valence-corrected chi connectivity index (χ1v) is 11.0. The summed E-state index contributed by atoms with van der Waals surface area (Å²) in [6, 6.07) is 11.4. The first kappa shape index (κ1) is 20.1. The van der Waals surface area contributed by atoms with E-state index in [2.05, 4.69) is 15.7 Å². The fourth-order valence-corrected chi connectivity index (χ4v) is 4.53. The Balaban J connectivity index is 1.38. The number of anilines is 1. The highest BCUT2D eigenvalue weighted by atomic mass is 32.2. The predicted molar refractivity (Wildman–Crippen MR) is 118 cm³/mol. The van der Waals surface area contributed by atoms with Crippen LogP contribution in [0.5, 0.6) is 0 Å². The van der Waals surface area contributed by atoms with Gasteiger partial charge < -0.3 is 19.5 Å². The molecule has 3 aromatic heterocycles. The molecular formula is C22H18N4O5S. The van der Waals surface area contributed by atoms with Crippen LogP contribution in [-0.4, -0.2) is 21.6 Å². The highest BCUT2D eigenvalue weighted by molar-refractivity contribution is 7.98. The molecule has 9 nitrogen and oxygen atoms in total. The van der Waals surface area contributed by atoms with Crippen molar-refractivity contribution in [2.75, 3.05) is 5.32 Å². The Hall–Kier alpha value is -3.79. The molecule has 1 aliphatic heterocycles. The topological polar surface area (TPSA) is 119 Å². The summed E-state index contributed by atoms with van der Waals surface area (Å²) in [4.78, 5) is 37.7. The number of hydrogen-bond donors (Lipinski definition) is 2. The zero-order chi connectivity index (χ0) is 22.1. The maximum Gasteiger partial charge on any atom is 0.292 e. The molecule has 4 aromatic rings. The Kier molecular flexibility index (Phi) is 5.28. The molecule has 4 heterocycles. The Morgan fingerprint density at radius 3 is 2.88 bits per heavy atom. The van der Waals surface area contributed by atoms with E-state index in [1.54, 1.807) is 48.2 Å². The van der Waals surface area contributed by atoms with Crippen LogP contribution in [0, 0.1) is 0 Å². The van der Waals surface area contributed by atoms with Gasteiger partial charge in [-0.1, -0.05) is 12.1 Å². The number of carbonyl (C=O) groups is 2. The standard InChI is InChI=1S/C22H18N4O5S/c27-17-8-19(31-18-6-2-1-5-14(17)18)22(29)24-21-15-11-32-12-16(15)25-26(21)10-20(28)23-9-13-4-3-7-30-13/h1-8H,9-12H2,(H,23,28)(H,24,29). The molecule has 162 valence electrons. The van der Waals surface area contributed by atoms with E-state index in [1.165, 1.54) is 17.0 Å². The predicted octanol–water partition coefficient (Wildman–Crippen LogP) is 2.90. The number of nitrogens with one attached hydrogen (secondary N) is 2. The van der Waals surface area contributed by atoms with E-state index in [1.807, 2.05) is 0 Å². The second-order valence-electron chi connectivity index (χ2n) is 7.21. The van der Waals surface area contributed by atoms with E-state index in [4.69, 9.17) is 8.83 Å². The number of carbonyl (C=O) groups excluding carboxylic acids is 2. The summed E-state index contributed by atoms with van der Waals surface area (Å²) in [5, 5.41) is 10.5. The van der Waals surface area contributed by atoms with Crippen LogP contribution in [0.3, 0.4) is 0 Å². The normalized spacial score (nSPS) is 12.6. The minimum atomic E-state index is -0.579. The molecule has 0 fully saturated rings. The van der Waals surface area contributed by atoms with Crippen molar-refractivity contribution in [2.45, 2.75) is 24.6 Å². The van der Waals surface area contributed by atoms with E-state index in [0.717, 1.165) is 11.3 Å². The number of thioether (sulfide) groups is 1. The second kappa shape index (κ2) is 8.39. The molecule has 0 bridgehead atoms. The number of para-hydroxylation sites is 1. The number of nitrogens with zero attached hydrogens (tertiary/aromatic N) is 2. The van der Waals surface area contributed by atoms with Gasteiger partial charge in [-0.15, -0.1) is 0 Å². The van der Waals surface area contributed by atoms with Crippen molar-refractivity contribution in [3.8, 4) is 0 Å². The number of fused-ring (bicyclic) bond motifs is 2. The molecule has 2 N–H and O–H groups in total. The van der Waals surface area contributed by atoms with Gasteiger partial charge in [-0.2, -0.15) is 16.9 Å². The van der Waals surface area contributed by atoms with E-state index >= 15 is 0 Å². The summed E-state index contributed by atoms with van der Waals surface area (Å²) in [6.07, 6.45) is 1.54. The maximum atomic E-state index is 12.9. The number of furan rings is 1. The van der Waals surface area contributed by atoms with Crippen LogP contribution in [-0.2, 0) is 29.4 Å². The number of rotatable bonds is 6. The lowest BCUT2D eigenvalue weighted by Crippen LogP contribution is -2.28. The van der Waals surface area contributed by atoms with Gasteiger partial charge in [-0.3, -0.25) is 14.4 Å². The van der Waals surface area contributed by atoms with E-state index < -0.39 is 5.91 Å². The molecule has 0 saturated heterocycles. The lowest BCUT2D eigenvalue weighted by Gasteiger charge is -2.11. The van der Waals surface area contributed by atoms with Crippen LogP contribution in [0.4, 0.5) is 5.82 Å². The van der Waals surface area contributed by atoms with Gasteiger partial charge in [0, 0.05) is 23.1 Å². The summed E-state index contributed by atoms with van der Waals surface area (Å²) in [5.74, 6) is 1.47. The molecule has 32 heavy (non-hydrogen) atoms. The van der Waals surface area contributed by atoms with E-state index in [-0.39, 0.29) is 30.2 Å².